The third-order valence-corrected chi connectivity index (χ3v) is 6.21. The molecule has 0 aromatic carbocycles. The van der Waals surface area contributed by atoms with Gasteiger partial charge in [0, 0.05) is 36.8 Å². The van der Waals surface area contributed by atoms with Crippen molar-refractivity contribution in [2.45, 2.75) is 64.6 Å². The number of hydrogen-bond donors (Lipinski definition) is 2. The van der Waals surface area contributed by atoms with Crippen LogP contribution in [-0.2, 0) is 4.79 Å². The Morgan fingerprint density at radius 2 is 1.94 bits per heavy atom. The first-order chi connectivity index (χ1) is 15.7. The first kappa shape index (κ1) is 22.7. The Kier molecular flexibility index (Phi) is 6.31. The first-order valence-electron chi connectivity index (χ1n) is 11.2. The van der Waals surface area contributed by atoms with Gasteiger partial charge in [-0.1, -0.05) is 0 Å². The van der Waals surface area contributed by atoms with Crippen LogP contribution in [0.15, 0.2) is 36.8 Å². The zero-order chi connectivity index (χ0) is 23.7. The highest BCUT2D eigenvalue weighted by molar-refractivity contribution is 6.02. The van der Waals surface area contributed by atoms with E-state index in [1.165, 1.54) is 18.5 Å². The van der Waals surface area contributed by atoms with Crippen LogP contribution in [0.5, 0.6) is 0 Å². The van der Waals surface area contributed by atoms with Crippen LogP contribution in [0, 0.1) is 5.82 Å². The number of rotatable bonds is 6. The number of carbonyl (C=O) groups excluding carboxylic acids is 2. The fourth-order valence-electron chi connectivity index (χ4n) is 4.83. The molecule has 0 saturated heterocycles. The third kappa shape index (κ3) is 4.67. The molecule has 1 fully saturated rings. The molecule has 0 radical (unpaired) electrons. The molecule has 1 aliphatic carbocycles. The summed E-state index contributed by atoms with van der Waals surface area (Å²) in [5, 5.41) is 7.41. The van der Waals surface area contributed by atoms with Crippen LogP contribution in [-0.4, -0.2) is 44.5 Å². The minimum Gasteiger partial charge on any atom is -0.365 e. The summed E-state index contributed by atoms with van der Waals surface area (Å²) in [5.74, 6) is -0.959. The predicted octanol–water partition coefficient (Wildman–Crippen LogP) is 3.30. The summed E-state index contributed by atoms with van der Waals surface area (Å²) in [5.41, 5.74) is 8.99. The maximum Gasteiger partial charge on any atom is 0.252 e. The summed E-state index contributed by atoms with van der Waals surface area (Å²) in [7, 11) is 0. The Morgan fingerprint density at radius 3 is 2.52 bits per heavy atom. The molecule has 4 rings (SSSR count). The minimum atomic E-state index is -0.541. The number of hydrogen-bond acceptors (Lipinski definition) is 5. The molecule has 3 N–H and O–H groups in total. The van der Waals surface area contributed by atoms with Gasteiger partial charge in [-0.2, -0.15) is 5.10 Å². The molecule has 3 aromatic rings. The molecular formula is C24H29FN6O2. The van der Waals surface area contributed by atoms with Crippen molar-refractivity contribution in [3.8, 4) is 11.3 Å². The van der Waals surface area contributed by atoms with Crippen LogP contribution in [0.25, 0.3) is 16.8 Å². The molecule has 33 heavy (non-hydrogen) atoms. The third-order valence-electron chi connectivity index (χ3n) is 6.21. The summed E-state index contributed by atoms with van der Waals surface area (Å²) in [4.78, 5) is 30.3. The fraction of sp³-hybridized carbons (Fsp3) is 0.417. The van der Waals surface area contributed by atoms with Crippen molar-refractivity contribution in [1.29, 1.82) is 0 Å². The van der Waals surface area contributed by atoms with E-state index < -0.39 is 11.7 Å². The number of fused-ring (bicyclic) bond motifs is 1. The number of carbonyl (C=O) groups is 2. The van der Waals surface area contributed by atoms with Crippen molar-refractivity contribution in [3.05, 3.63) is 48.2 Å². The Hall–Kier alpha value is -3.49. The Morgan fingerprint density at radius 1 is 1.21 bits per heavy atom. The van der Waals surface area contributed by atoms with Gasteiger partial charge in [0.1, 0.15) is 5.82 Å². The molecule has 0 atom stereocenters. The second-order valence-corrected chi connectivity index (χ2v) is 8.90. The van der Waals surface area contributed by atoms with E-state index in [1.807, 2.05) is 12.3 Å². The van der Waals surface area contributed by atoms with Crippen LogP contribution in [0.3, 0.4) is 0 Å². The number of amides is 2. The van der Waals surface area contributed by atoms with Crippen molar-refractivity contribution in [3.63, 3.8) is 0 Å². The molecule has 174 valence electrons. The topological polar surface area (TPSA) is 106 Å². The fourth-order valence-corrected chi connectivity index (χ4v) is 4.83. The monoisotopic (exact) mass is 452 g/mol. The van der Waals surface area contributed by atoms with E-state index in [-0.39, 0.29) is 24.0 Å². The number of aromatic nitrogens is 3. The average Bonchev–Trinajstić information content (AvgIpc) is 3.19. The SMILES string of the molecule is CC(=O)NC1CCC(N(c2c(C(N)=O)cnn3cc(-c4ccc(F)cn4)cc23)C(C)C)CC1. The lowest BCUT2D eigenvalue weighted by Crippen LogP contribution is -2.47. The van der Waals surface area contributed by atoms with Crippen molar-refractivity contribution in [2.75, 3.05) is 4.90 Å². The molecular weight excluding hydrogens is 423 g/mol. The number of primary amides is 1. The lowest BCUT2D eigenvalue weighted by molar-refractivity contribution is -0.119. The minimum absolute atomic E-state index is 0.0128. The molecule has 0 unspecified atom stereocenters. The lowest BCUT2D eigenvalue weighted by atomic mass is 9.88. The van der Waals surface area contributed by atoms with Gasteiger partial charge in [0.15, 0.2) is 0 Å². The smallest absolute Gasteiger partial charge is 0.252 e. The standard InChI is InChI=1S/C24H29FN6O2/c1-14(2)31(19-7-5-18(6-8-19)29-15(3)32)23-20(24(26)33)12-28-30-13-16(10-22(23)30)21-9-4-17(25)11-27-21/h4,9-14,18-19H,5-8H2,1-3H3,(H2,26,33)(H,29,32). The van der Waals surface area contributed by atoms with Gasteiger partial charge in [0.05, 0.1) is 34.9 Å². The average molecular weight is 453 g/mol. The molecule has 0 aliphatic heterocycles. The number of pyridine rings is 1. The predicted molar refractivity (Wildman–Crippen MR) is 124 cm³/mol. The molecule has 3 aromatic heterocycles. The van der Waals surface area contributed by atoms with Gasteiger partial charge in [-0.25, -0.2) is 8.91 Å². The zero-order valence-electron chi connectivity index (χ0n) is 19.1. The molecule has 0 bridgehead atoms. The van der Waals surface area contributed by atoms with Gasteiger partial charge in [-0.15, -0.1) is 0 Å². The van der Waals surface area contributed by atoms with Gasteiger partial charge in [0.25, 0.3) is 5.91 Å². The highest BCUT2D eigenvalue weighted by Gasteiger charge is 2.31. The Balaban J connectivity index is 1.77. The van der Waals surface area contributed by atoms with Crippen molar-refractivity contribution >= 4 is 23.0 Å². The van der Waals surface area contributed by atoms with Gasteiger partial charge in [-0.3, -0.25) is 14.6 Å². The van der Waals surface area contributed by atoms with E-state index in [0.29, 0.717) is 11.3 Å². The molecule has 1 aliphatic rings. The quantitative estimate of drug-likeness (QED) is 0.597. The summed E-state index contributed by atoms with van der Waals surface area (Å²) in [6, 6.07) is 5.34. The number of halogens is 1. The summed E-state index contributed by atoms with van der Waals surface area (Å²) in [6.45, 7) is 5.72. The number of anilines is 1. The molecule has 0 spiro atoms. The van der Waals surface area contributed by atoms with E-state index in [0.717, 1.165) is 42.5 Å². The molecule has 9 heteroatoms. The van der Waals surface area contributed by atoms with Crippen molar-refractivity contribution in [1.82, 2.24) is 19.9 Å². The van der Waals surface area contributed by atoms with E-state index in [4.69, 9.17) is 5.73 Å². The second kappa shape index (κ2) is 9.17. The van der Waals surface area contributed by atoms with Crippen molar-refractivity contribution < 1.29 is 14.0 Å². The van der Waals surface area contributed by atoms with Crippen LogP contribution >= 0.6 is 0 Å². The van der Waals surface area contributed by atoms with Gasteiger partial charge >= 0.3 is 0 Å². The zero-order valence-corrected chi connectivity index (χ0v) is 19.1. The lowest BCUT2D eigenvalue weighted by Gasteiger charge is -2.41. The maximum absolute atomic E-state index is 13.3. The summed E-state index contributed by atoms with van der Waals surface area (Å²) in [6.07, 6.45) is 7.99. The normalized spacial score (nSPS) is 18.5. The highest BCUT2D eigenvalue weighted by Crippen LogP contribution is 2.36. The van der Waals surface area contributed by atoms with E-state index in [2.05, 4.69) is 34.1 Å². The molecule has 3 heterocycles. The van der Waals surface area contributed by atoms with Crippen LogP contribution < -0.4 is 16.0 Å². The summed E-state index contributed by atoms with van der Waals surface area (Å²) < 4.78 is 15.1. The van der Waals surface area contributed by atoms with Gasteiger partial charge < -0.3 is 16.0 Å². The van der Waals surface area contributed by atoms with E-state index in [9.17, 15) is 14.0 Å². The number of nitrogens with one attached hydrogen (secondary N) is 1. The largest absolute Gasteiger partial charge is 0.365 e. The van der Waals surface area contributed by atoms with Crippen LogP contribution in [0.1, 0.15) is 56.8 Å². The maximum atomic E-state index is 13.3. The summed E-state index contributed by atoms with van der Waals surface area (Å²) >= 11 is 0. The first-order valence-corrected chi connectivity index (χ1v) is 11.2. The highest BCUT2D eigenvalue weighted by atomic mass is 19.1. The second-order valence-electron chi connectivity index (χ2n) is 8.90. The van der Waals surface area contributed by atoms with Crippen LogP contribution in [0.2, 0.25) is 0 Å². The molecule has 2 amide bonds. The van der Waals surface area contributed by atoms with Crippen LogP contribution in [0.4, 0.5) is 10.1 Å². The Labute approximate surface area is 192 Å². The van der Waals surface area contributed by atoms with Gasteiger partial charge in [0.2, 0.25) is 5.91 Å². The van der Waals surface area contributed by atoms with Crippen molar-refractivity contribution in [2.24, 2.45) is 5.73 Å². The van der Waals surface area contributed by atoms with E-state index in [1.54, 1.807) is 17.5 Å². The van der Waals surface area contributed by atoms with Gasteiger partial charge in [-0.05, 0) is 57.7 Å². The number of nitrogens with two attached hydrogens (primary N) is 1. The van der Waals surface area contributed by atoms with E-state index >= 15 is 0 Å². The Bertz CT molecular complexity index is 1170. The molecule has 8 nitrogen and oxygen atoms in total. The molecule has 1 saturated carbocycles. The number of nitrogens with zero attached hydrogens (tertiary/aromatic N) is 4.